The van der Waals surface area contributed by atoms with Crippen LogP contribution < -0.4 is 0 Å². The number of hydrogen-bond acceptors (Lipinski definition) is 3. The van der Waals surface area contributed by atoms with Gasteiger partial charge in [-0.05, 0) is 22.3 Å². The Kier molecular flexibility index (Phi) is 4.46. The largest absolute Gasteiger partial charge is 0.494 e. The van der Waals surface area contributed by atoms with Crippen molar-refractivity contribution in [1.29, 1.82) is 0 Å². The van der Waals surface area contributed by atoms with E-state index in [4.69, 9.17) is 0 Å². The van der Waals surface area contributed by atoms with E-state index < -0.39 is 0 Å². The van der Waals surface area contributed by atoms with Crippen LogP contribution >= 0.6 is 0 Å². The third kappa shape index (κ3) is 2.87. The normalized spacial score (nSPS) is 14.9. The van der Waals surface area contributed by atoms with Gasteiger partial charge in [-0.15, -0.1) is 0 Å². The first-order chi connectivity index (χ1) is 12.8. The van der Waals surface area contributed by atoms with E-state index >= 15 is 0 Å². The summed E-state index contributed by atoms with van der Waals surface area (Å²) in [6.07, 6.45) is 0. The molecule has 4 rings (SSSR count). The fourth-order valence-corrected chi connectivity index (χ4v) is 3.63. The molecule has 130 valence electrons. The van der Waals surface area contributed by atoms with Crippen molar-refractivity contribution < 1.29 is 10.2 Å². The Morgan fingerprint density at radius 3 is 2.12 bits per heavy atom. The summed E-state index contributed by atoms with van der Waals surface area (Å²) in [6, 6.07) is 27.6. The summed E-state index contributed by atoms with van der Waals surface area (Å²) in [5, 5.41) is 21.3. The predicted molar refractivity (Wildman–Crippen MR) is 103 cm³/mol. The number of hydrogen-bond donors (Lipinski definition) is 2. The van der Waals surface area contributed by atoms with E-state index in [-0.39, 0.29) is 18.5 Å². The second kappa shape index (κ2) is 7.06. The van der Waals surface area contributed by atoms with E-state index in [2.05, 4.69) is 6.07 Å². The van der Waals surface area contributed by atoms with Crippen LogP contribution in [-0.2, 0) is 6.54 Å². The van der Waals surface area contributed by atoms with Gasteiger partial charge in [-0.1, -0.05) is 84.9 Å². The molecule has 0 saturated carbocycles. The molecule has 1 atom stereocenters. The third-order valence-electron chi connectivity index (χ3n) is 4.92. The number of aliphatic hydroxyl groups is 2. The Morgan fingerprint density at radius 1 is 0.808 bits per heavy atom. The van der Waals surface area contributed by atoms with Gasteiger partial charge in [0.2, 0.25) is 0 Å². The fourth-order valence-electron chi connectivity index (χ4n) is 3.63. The van der Waals surface area contributed by atoms with E-state index in [1.54, 1.807) is 0 Å². The zero-order valence-electron chi connectivity index (χ0n) is 14.4. The van der Waals surface area contributed by atoms with Gasteiger partial charge in [0.25, 0.3) is 0 Å². The van der Waals surface area contributed by atoms with Crippen LogP contribution in [0.3, 0.4) is 0 Å². The molecule has 0 amide bonds. The number of rotatable bonds is 4. The zero-order valence-corrected chi connectivity index (χ0v) is 14.4. The molecule has 3 aromatic carbocycles. The van der Waals surface area contributed by atoms with Crippen molar-refractivity contribution >= 4 is 5.57 Å². The van der Waals surface area contributed by atoms with Gasteiger partial charge in [-0.25, -0.2) is 0 Å². The number of benzene rings is 3. The molecule has 0 aliphatic carbocycles. The molecule has 0 unspecified atom stereocenters. The lowest BCUT2D eigenvalue weighted by Crippen LogP contribution is -2.33. The molecule has 0 fully saturated rings. The van der Waals surface area contributed by atoms with Crippen LogP contribution in [0.25, 0.3) is 5.57 Å². The first-order valence-corrected chi connectivity index (χ1v) is 8.79. The maximum absolute atomic E-state index is 11.2. The van der Waals surface area contributed by atoms with Crippen LogP contribution in [0, 0.1) is 0 Å². The van der Waals surface area contributed by atoms with Crippen LogP contribution in [0.5, 0.6) is 0 Å². The van der Waals surface area contributed by atoms with E-state index in [1.165, 1.54) is 0 Å². The monoisotopic (exact) mass is 343 g/mol. The number of fused-ring (bicyclic) bond motifs is 1. The predicted octanol–water partition coefficient (Wildman–Crippen LogP) is 4.51. The molecule has 1 aliphatic rings. The minimum atomic E-state index is -0.303. The highest BCUT2D eigenvalue weighted by atomic mass is 16.3. The van der Waals surface area contributed by atoms with Crippen LogP contribution in [0.1, 0.15) is 28.3 Å². The van der Waals surface area contributed by atoms with E-state index in [0.717, 1.165) is 27.8 Å². The van der Waals surface area contributed by atoms with Crippen LogP contribution in [0.2, 0.25) is 0 Å². The quantitative estimate of drug-likeness (QED) is 0.732. The van der Waals surface area contributed by atoms with Gasteiger partial charge >= 0.3 is 0 Å². The summed E-state index contributed by atoms with van der Waals surface area (Å²) in [5.41, 5.74) is 4.93. The van der Waals surface area contributed by atoms with Crippen LogP contribution in [-0.4, -0.2) is 21.7 Å². The molecule has 3 aromatic rings. The molecule has 1 aliphatic heterocycles. The first-order valence-electron chi connectivity index (χ1n) is 8.79. The summed E-state index contributed by atoms with van der Waals surface area (Å²) >= 11 is 0. The highest BCUT2D eigenvalue weighted by Gasteiger charge is 2.30. The maximum atomic E-state index is 11.2. The topological polar surface area (TPSA) is 43.7 Å². The lowest BCUT2D eigenvalue weighted by Gasteiger charge is -2.37. The molecule has 0 aromatic heterocycles. The Bertz CT molecular complexity index is 919. The Morgan fingerprint density at radius 2 is 1.42 bits per heavy atom. The van der Waals surface area contributed by atoms with E-state index in [1.807, 2.05) is 83.8 Å². The molecular weight excluding hydrogens is 322 g/mol. The minimum absolute atomic E-state index is 0.0711. The van der Waals surface area contributed by atoms with Gasteiger partial charge in [-0.2, -0.15) is 0 Å². The number of aliphatic hydroxyl groups excluding tert-OH is 2. The minimum Gasteiger partial charge on any atom is -0.494 e. The van der Waals surface area contributed by atoms with Gasteiger partial charge in [0.1, 0.15) is 0 Å². The van der Waals surface area contributed by atoms with Crippen LogP contribution in [0.4, 0.5) is 0 Å². The molecule has 2 N–H and O–H groups in total. The summed E-state index contributed by atoms with van der Waals surface area (Å²) in [5.74, 6) is 0.206. The standard InChI is InChI=1S/C23H21NO2/c25-16-21(17-9-3-1-4-10-17)24-15-19-13-7-8-14-20(19)22(23(24)26)18-11-5-2-6-12-18/h1-14,21,25-26H,15-16H2/t21-/m0/s1. The lowest BCUT2D eigenvalue weighted by atomic mass is 9.90. The SMILES string of the molecule is OC[C@@H](c1ccccc1)N1Cc2ccccc2C(c2ccccc2)=C1O. The highest BCUT2D eigenvalue weighted by Crippen LogP contribution is 2.39. The summed E-state index contributed by atoms with van der Waals surface area (Å²) < 4.78 is 0. The van der Waals surface area contributed by atoms with E-state index in [9.17, 15) is 10.2 Å². The Balaban J connectivity index is 1.87. The smallest absolute Gasteiger partial charge is 0.196 e. The molecule has 0 spiro atoms. The molecule has 0 radical (unpaired) electrons. The zero-order chi connectivity index (χ0) is 17.9. The number of nitrogens with zero attached hydrogens (tertiary/aromatic N) is 1. The Hall–Kier alpha value is -3.04. The van der Waals surface area contributed by atoms with Crippen molar-refractivity contribution in [1.82, 2.24) is 4.90 Å². The molecule has 0 bridgehead atoms. The van der Waals surface area contributed by atoms with Crippen molar-refractivity contribution in [2.75, 3.05) is 6.61 Å². The third-order valence-corrected chi connectivity index (χ3v) is 4.92. The fraction of sp³-hybridized carbons (Fsp3) is 0.130. The van der Waals surface area contributed by atoms with Crippen molar-refractivity contribution in [3.05, 3.63) is 113 Å². The first kappa shape index (κ1) is 16.4. The average molecular weight is 343 g/mol. The molecular formula is C23H21NO2. The molecule has 3 heteroatoms. The van der Waals surface area contributed by atoms with Gasteiger partial charge in [0, 0.05) is 12.1 Å². The van der Waals surface area contributed by atoms with E-state index in [0.29, 0.717) is 6.54 Å². The van der Waals surface area contributed by atoms with Gasteiger partial charge in [0.15, 0.2) is 5.88 Å². The summed E-state index contributed by atoms with van der Waals surface area (Å²) in [4.78, 5) is 1.89. The van der Waals surface area contributed by atoms with Crippen molar-refractivity contribution in [2.24, 2.45) is 0 Å². The van der Waals surface area contributed by atoms with Crippen LogP contribution in [0.15, 0.2) is 90.8 Å². The van der Waals surface area contributed by atoms with Gasteiger partial charge in [0.05, 0.1) is 12.6 Å². The average Bonchev–Trinajstić information content (AvgIpc) is 2.70. The molecule has 3 nitrogen and oxygen atoms in total. The molecule has 1 heterocycles. The molecule has 0 saturated heterocycles. The second-order valence-electron chi connectivity index (χ2n) is 6.46. The molecule has 26 heavy (non-hydrogen) atoms. The highest BCUT2D eigenvalue weighted by molar-refractivity contribution is 5.83. The van der Waals surface area contributed by atoms with Crippen molar-refractivity contribution in [3.63, 3.8) is 0 Å². The van der Waals surface area contributed by atoms with Gasteiger partial charge < -0.3 is 15.1 Å². The summed E-state index contributed by atoms with van der Waals surface area (Å²) in [7, 11) is 0. The Labute approximate surface area is 153 Å². The van der Waals surface area contributed by atoms with Gasteiger partial charge in [-0.3, -0.25) is 0 Å². The van der Waals surface area contributed by atoms with Crippen molar-refractivity contribution in [2.45, 2.75) is 12.6 Å². The lowest BCUT2D eigenvalue weighted by molar-refractivity contribution is 0.0946. The second-order valence-corrected chi connectivity index (χ2v) is 6.46. The maximum Gasteiger partial charge on any atom is 0.196 e. The summed E-state index contributed by atoms with van der Waals surface area (Å²) in [6.45, 7) is 0.483. The van der Waals surface area contributed by atoms with Crippen molar-refractivity contribution in [3.8, 4) is 0 Å².